The quantitative estimate of drug-likeness (QED) is 0.790. The Morgan fingerprint density at radius 1 is 1.56 bits per heavy atom. The summed E-state index contributed by atoms with van der Waals surface area (Å²) in [6, 6.07) is 3.19. The van der Waals surface area contributed by atoms with Crippen molar-refractivity contribution < 1.29 is 8.42 Å². The second kappa shape index (κ2) is 5.59. The molecule has 0 amide bonds. The van der Waals surface area contributed by atoms with Crippen molar-refractivity contribution in [3.8, 4) is 0 Å². The summed E-state index contributed by atoms with van der Waals surface area (Å²) in [6.07, 6.45) is 3.31. The van der Waals surface area contributed by atoms with Gasteiger partial charge in [-0.1, -0.05) is 0 Å². The molecule has 1 unspecified atom stereocenters. The summed E-state index contributed by atoms with van der Waals surface area (Å²) in [6.45, 7) is 1.50. The second-order valence-corrected chi connectivity index (χ2v) is 5.99. The van der Waals surface area contributed by atoms with Gasteiger partial charge in [-0.2, -0.15) is 17.8 Å². The van der Waals surface area contributed by atoms with Gasteiger partial charge in [-0.15, -0.1) is 5.10 Å². The summed E-state index contributed by atoms with van der Waals surface area (Å²) in [5.74, 6) is 0.463. The van der Waals surface area contributed by atoms with E-state index in [1.165, 1.54) is 10.5 Å². The van der Waals surface area contributed by atoms with E-state index in [-0.39, 0.29) is 11.7 Å². The van der Waals surface area contributed by atoms with Crippen LogP contribution >= 0.6 is 0 Å². The van der Waals surface area contributed by atoms with Crippen LogP contribution < -0.4 is 10.5 Å². The van der Waals surface area contributed by atoms with Crippen LogP contribution in [-0.4, -0.2) is 42.6 Å². The highest BCUT2D eigenvalue weighted by molar-refractivity contribution is 7.90. The van der Waals surface area contributed by atoms with Crippen molar-refractivity contribution in [2.75, 3.05) is 24.4 Å². The smallest absolute Gasteiger partial charge is 0.302 e. The van der Waals surface area contributed by atoms with Gasteiger partial charge in [0, 0.05) is 19.3 Å². The first-order chi connectivity index (χ1) is 8.62. The number of anilines is 1. The first-order valence-corrected chi connectivity index (χ1v) is 7.31. The summed E-state index contributed by atoms with van der Waals surface area (Å²) < 4.78 is 28.1. The highest BCUT2D eigenvalue weighted by Crippen LogP contribution is 2.19. The Bertz CT molecular complexity index is 478. The molecule has 0 aliphatic carbocycles. The maximum Gasteiger partial charge on any atom is 0.302 e. The fourth-order valence-electron chi connectivity index (χ4n) is 1.99. The molecule has 0 aromatic carbocycles. The average molecular weight is 271 g/mol. The highest BCUT2D eigenvalue weighted by Gasteiger charge is 2.28. The van der Waals surface area contributed by atoms with Gasteiger partial charge in [0.1, 0.15) is 0 Å². The first-order valence-electron chi connectivity index (χ1n) is 5.87. The molecule has 1 aliphatic heterocycles. The number of aromatic nitrogens is 2. The molecule has 0 spiro atoms. The molecule has 3 N–H and O–H groups in total. The number of hydrogen-bond acceptors (Lipinski definition) is 5. The average Bonchev–Trinajstić information content (AvgIpc) is 2.39. The van der Waals surface area contributed by atoms with Crippen LogP contribution in [0.15, 0.2) is 18.3 Å². The predicted octanol–water partition coefficient (Wildman–Crippen LogP) is -0.196. The fourth-order valence-corrected chi connectivity index (χ4v) is 3.27. The molecule has 1 aromatic rings. The maximum atomic E-state index is 12.1. The van der Waals surface area contributed by atoms with Gasteiger partial charge in [0.2, 0.25) is 0 Å². The van der Waals surface area contributed by atoms with Gasteiger partial charge in [0.05, 0.1) is 0 Å². The molecule has 7 nitrogen and oxygen atoms in total. The molecule has 2 rings (SSSR count). The molecule has 0 radical (unpaired) electrons. The minimum Gasteiger partial charge on any atom is -0.330 e. The van der Waals surface area contributed by atoms with Crippen molar-refractivity contribution in [2.45, 2.75) is 12.8 Å². The van der Waals surface area contributed by atoms with Crippen molar-refractivity contribution in [1.82, 2.24) is 14.5 Å². The topological polar surface area (TPSA) is 101 Å². The monoisotopic (exact) mass is 271 g/mol. The van der Waals surface area contributed by atoms with E-state index in [4.69, 9.17) is 5.73 Å². The van der Waals surface area contributed by atoms with Crippen LogP contribution in [0, 0.1) is 5.92 Å². The summed E-state index contributed by atoms with van der Waals surface area (Å²) in [5.41, 5.74) is 5.60. The zero-order chi connectivity index (χ0) is 13.0. The Labute approximate surface area is 107 Å². The van der Waals surface area contributed by atoms with E-state index in [2.05, 4.69) is 14.9 Å². The Hall–Kier alpha value is -1.25. The predicted molar refractivity (Wildman–Crippen MR) is 67.9 cm³/mol. The third kappa shape index (κ3) is 3.15. The van der Waals surface area contributed by atoms with Gasteiger partial charge in [-0.05, 0) is 37.4 Å². The largest absolute Gasteiger partial charge is 0.330 e. The SMILES string of the molecule is NCC1CCCN(S(=O)(=O)Nc2cccnn2)C1. The molecule has 0 saturated carbocycles. The molecule has 2 heterocycles. The normalized spacial score (nSPS) is 21.7. The van der Waals surface area contributed by atoms with E-state index in [1.54, 1.807) is 12.1 Å². The number of nitrogens with two attached hydrogens (primary N) is 1. The number of nitrogens with one attached hydrogen (secondary N) is 1. The van der Waals surface area contributed by atoms with Crippen molar-refractivity contribution in [2.24, 2.45) is 11.7 Å². The molecule has 1 atom stereocenters. The van der Waals surface area contributed by atoms with E-state index in [1.807, 2.05) is 0 Å². The van der Waals surface area contributed by atoms with E-state index in [0.29, 0.717) is 19.6 Å². The summed E-state index contributed by atoms with van der Waals surface area (Å²) in [4.78, 5) is 0. The van der Waals surface area contributed by atoms with E-state index in [0.717, 1.165) is 12.8 Å². The first kappa shape index (κ1) is 13.2. The van der Waals surface area contributed by atoms with Gasteiger partial charge in [0.15, 0.2) is 5.82 Å². The molecule has 8 heteroatoms. The third-order valence-electron chi connectivity index (χ3n) is 2.96. The van der Waals surface area contributed by atoms with Crippen LogP contribution in [-0.2, 0) is 10.2 Å². The Morgan fingerprint density at radius 2 is 2.39 bits per heavy atom. The summed E-state index contributed by atoms with van der Waals surface area (Å²) >= 11 is 0. The molecule has 1 fully saturated rings. The van der Waals surface area contributed by atoms with Gasteiger partial charge in [-0.3, -0.25) is 4.72 Å². The van der Waals surface area contributed by atoms with Gasteiger partial charge >= 0.3 is 10.2 Å². The van der Waals surface area contributed by atoms with E-state index < -0.39 is 10.2 Å². The maximum absolute atomic E-state index is 12.1. The zero-order valence-electron chi connectivity index (χ0n) is 9.99. The molecule has 1 aromatic heterocycles. The lowest BCUT2D eigenvalue weighted by atomic mass is 10.0. The second-order valence-electron chi connectivity index (χ2n) is 4.32. The minimum absolute atomic E-state index is 0.229. The van der Waals surface area contributed by atoms with Crippen LogP contribution in [0.3, 0.4) is 0 Å². The summed E-state index contributed by atoms with van der Waals surface area (Å²) in [7, 11) is -3.55. The van der Waals surface area contributed by atoms with E-state index >= 15 is 0 Å². The Kier molecular flexibility index (Phi) is 4.10. The van der Waals surface area contributed by atoms with Crippen LogP contribution in [0.5, 0.6) is 0 Å². The van der Waals surface area contributed by atoms with Crippen LogP contribution in [0.2, 0.25) is 0 Å². The molecular weight excluding hydrogens is 254 g/mol. The molecule has 18 heavy (non-hydrogen) atoms. The number of rotatable bonds is 4. The highest BCUT2D eigenvalue weighted by atomic mass is 32.2. The van der Waals surface area contributed by atoms with E-state index in [9.17, 15) is 8.42 Å². The third-order valence-corrected chi connectivity index (χ3v) is 4.44. The number of hydrogen-bond donors (Lipinski definition) is 2. The van der Waals surface area contributed by atoms with Crippen LogP contribution in [0.25, 0.3) is 0 Å². The van der Waals surface area contributed by atoms with Gasteiger partial charge in [-0.25, -0.2) is 0 Å². The number of nitrogens with zero attached hydrogens (tertiary/aromatic N) is 3. The van der Waals surface area contributed by atoms with Crippen LogP contribution in [0.4, 0.5) is 5.82 Å². The number of piperidine rings is 1. The zero-order valence-corrected chi connectivity index (χ0v) is 10.8. The molecule has 1 saturated heterocycles. The van der Waals surface area contributed by atoms with Crippen LogP contribution in [0.1, 0.15) is 12.8 Å². The lowest BCUT2D eigenvalue weighted by molar-refractivity contribution is 0.273. The van der Waals surface area contributed by atoms with Crippen molar-refractivity contribution in [3.63, 3.8) is 0 Å². The lowest BCUT2D eigenvalue weighted by Crippen LogP contribution is -2.44. The fraction of sp³-hybridized carbons (Fsp3) is 0.600. The molecule has 100 valence electrons. The van der Waals surface area contributed by atoms with Gasteiger partial charge in [0.25, 0.3) is 0 Å². The Morgan fingerprint density at radius 3 is 3.06 bits per heavy atom. The Balaban J connectivity index is 2.06. The van der Waals surface area contributed by atoms with Crippen molar-refractivity contribution in [3.05, 3.63) is 18.3 Å². The summed E-state index contributed by atoms with van der Waals surface area (Å²) in [5, 5.41) is 7.34. The van der Waals surface area contributed by atoms with Crippen molar-refractivity contribution in [1.29, 1.82) is 0 Å². The molecular formula is C10H17N5O2S. The minimum atomic E-state index is -3.55. The van der Waals surface area contributed by atoms with Crippen molar-refractivity contribution >= 4 is 16.0 Å². The lowest BCUT2D eigenvalue weighted by Gasteiger charge is -2.31. The van der Waals surface area contributed by atoms with Gasteiger partial charge < -0.3 is 5.73 Å². The molecule has 0 bridgehead atoms. The standard InChI is InChI=1S/C10H17N5O2S/c11-7-9-3-2-6-15(8-9)18(16,17)14-10-4-1-5-12-13-10/h1,4-5,9H,2-3,6-8,11H2,(H,13,14). The molecule has 1 aliphatic rings.